The minimum absolute atomic E-state index is 0.164. The Morgan fingerprint density at radius 1 is 1.17 bits per heavy atom. The Morgan fingerprint density at radius 3 is 2.43 bits per heavy atom. The van der Waals surface area contributed by atoms with Crippen molar-refractivity contribution in [1.82, 2.24) is 0 Å². The summed E-state index contributed by atoms with van der Waals surface area (Å²) in [6, 6.07) is 6.88. The van der Waals surface area contributed by atoms with E-state index in [-0.39, 0.29) is 10.6 Å². The number of rotatable bonds is 3. The van der Waals surface area contributed by atoms with Crippen LogP contribution in [0.4, 0.5) is 5.69 Å². The molecular formula is C19H21NO2S. The van der Waals surface area contributed by atoms with Crippen LogP contribution in [0.25, 0.3) is 0 Å². The van der Waals surface area contributed by atoms with E-state index in [9.17, 15) is 10.1 Å². The Bertz CT molecular complexity index is 653. The van der Waals surface area contributed by atoms with Crippen LogP contribution in [-0.2, 0) is 5.75 Å². The maximum absolute atomic E-state index is 10.8. The van der Waals surface area contributed by atoms with Crippen LogP contribution >= 0.6 is 11.8 Å². The van der Waals surface area contributed by atoms with Gasteiger partial charge in [-0.2, -0.15) is 0 Å². The molecule has 120 valence electrons. The minimum atomic E-state index is -0.338. The molecule has 4 bridgehead atoms. The molecule has 0 amide bonds. The molecule has 4 fully saturated rings. The fourth-order valence-electron chi connectivity index (χ4n) is 5.29. The summed E-state index contributed by atoms with van der Waals surface area (Å²) in [5.74, 6) is 7.12. The van der Waals surface area contributed by atoms with Crippen LogP contribution in [0.5, 0.6) is 0 Å². The van der Waals surface area contributed by atoms with Crippen LogP contribution in [0.3, 0.4) is 0 Å². The van der Waals surface area contributed by atoms with Gasteiger partial charge in [0.25, 0.3) is 5.69 Å². The maximum Gasteiger partial charge on any atom is 0.269 e. The van der Waals surface area contributed by atoms with Crippen molar-refractivity contribution in [3.63, 3.8) is 0 Å². The van der Waals surface area contributed by atoms with E-state index in [0.717, 1.165) is 29.1 Å². The molecule has 1 aromatic rings. The molecule has 1 aromatic carbocycles. The number of benzene rings is 1. The first-order valence-electron chi connectivity index (χ1n) is 8.49. The number of nitro groups is 1. The Morgan fingerprint density at radius 2 is 1.83 bits per heavy atom. The average Bonchev–Trinajstić information content (AvgIpc) is 2.50. The first-order valence-corrected chi connectivity index (χ1v) is 9.48. The molecule has 0 heterocycles. The second-order valence-electron chi connectivity index (χ2n) is 7.64. The van der Waals surface area contributed by atoms with Gasteiger partial charge in [-0.3, -0.25) is 10.1 Å². The second-order valence-corrected chi connectivity index (χ2v) is 8.42. The van der Waals surface area contributed by atoms with E-state index in [4.69, 9.17) is 0 Å². The van der Waals surface area contributed by atoms with E-state index in [2.05, 4.69) is 11.2 Å². The van der Waals surface area contributed by atoms with Gasteiger partial charge in [-0.25, -0.2) is 0 Å². The second kappa shape index (κ2) is 5.87. The number of non-ortho nitro benzene ring substituents is 1. The zero-order chi connectivity index (χ0) is 15.9. The SMILES string of the molecule is O=[N+]([O-])c1cccc(CSC#CC23CC4CC(CC(C4)C2)C3)c1. The zero-order valence-electron chi connectivity index (χ0n) is 13.2. The van der Waals surface area contributed by atoms with Gasteiger partial charge < -0.3 is 0 Å². The molecule has 23 heavy (non-hydrogen) atoms. The van der Waals surface area contributed by atoms with Gasteiger partial charge in [0.1, 0.15) is 0 Å². The normalized spacial score (nSPS) is 34.0. The summed E-state index contributed by atoms with van der Waals surface area (Å²) in [5.41, 5.74) is 1.44. The van der Waals surface area contributed by atoms with Crippen molar-refractivity contribution in [3.8, 4) is 11.2 Å². The van der Waals surface area contributed by atoms with Crippen molar-refractivity contribution in [2.24, 2.45) is 23.2 Å². The van der Waals surface area contributed by atoms with Crippen LogP contribution in [0.1, 0.15) is 44.1 Å². The summed E-state index contributed by atoms with van der Waals surface area (Å²) in [6.07, 6.45) is 8.27. The van der Waals surface area contributed by atoms with Crippen LogP contribution < -0.4 is 0 Å². The molecule has 0 aliphatic heterocycles. The first-order chi connectivity index (χ1) is 11.1. The number of hydrogen-bond donors (Lipinski definition) is 0. The van der Waals surface area contributed by atoms with E-state index < -0.39 is 0 Å². The van der Waals surface area contributed by atoms with E-state index >= 15 is 0 Å². The Kier molecular flexibility index (Phi) is 3.85. The van der Waals surface area contributed by atoms with Crippen LogP contribution in [-0.4, -0.2) is 4.92 Å². The lowest BCUT2D eigenvalue weighted by atomic mass is 9.50. The van der Waals surface area contributed by atoms with Crippen molar-refractivity contribution < 1.29 is 4.92 Å². The highest BCUT2D eigenvalue weighted by Crippen LogP contribution is 2.59. The van der Waals surface area contributed by atoms with E-state index in [1.54, 1.807) is 23.9 Å². The highest BCUT2D eigenvalue weighted by molar-refractivity contribution is 8.03. The van der Waals surface area contributed by atoms with Crippen molar-refractivity contribution in [1.29, 1.82) is 0 Å². The summed E-state index contributed by atoms with van der Waals surface area (Å²) in [7, 11) is 0. The zero-order valence-corrected chi connectivity index (χ0v) is 14.0. The topological polar surface area (TPSA) is 43.1 Å². The highest BCUT2D eigenvalue weighted by Gasteiger charge is 2.50. The third-order valence-corrected chi connectivity index (χ3v) is 6.51. The molecule has 0 spiro atoms. The van der Waals surface area contributed by atoms with Crippen molar-refractivity contribution in [2.75, 3.05) is 0 Å². The van der Waals surface area contributed by atoms with Gasteiger partial charge in [0.05, 0.1) is 4.92 Å². The molecule has 4 heteroatoms. The van der Waals surface area contributed by atoms with Crippen molar-refractivity contribution in [2.45, 2.75) is 44.3 Å². The fraction of sp³-hybridized carbons (Fsp3) is 0.579. The fourth-order valence-corrected chi connectivity index (χ4v) is 5.99. The molecular weight excluding hydrogens is 306 g/mol. The molecule has 4 aliphatic rings. The number of nitro benzene ring substituents is 1. The predicted octanol–water partition coefficient (Wildman–Crippen LogP) is 5.01. The van der Waals surface area contributed by atoms with E-state index in [1.165, 1.54) is 44.6 Å². The van der Waals surface area contributed by atoms with Gasteiger partial charge in [0, 0.05) is 23.3 Å². The van der Waals surface area contributed by atoms with Gasteiger partial charge >= 0.3 is 0 Å². The van der Waals surface area contributed by atoms with Gasteiger partial charge in [0.15, 0.2) is 0 Å². The number of hydrogen-bond acceptors (Lipinski definition) is 3. The lowest BCUT2D eigenvalue weighted by Crippen LogP contribution is -2.45. The summed E-state index contributed by atoms with van der Waals surface area (Å²) >= 11 is 1.59. The Balaban J connectivity index is 1.40. The predicted molar refractivity (Wildman–Crippen MR) is 92.8 cm³/mol. The lowest BCUT2D eigenvalue weighted by Gasteiger charge is -2.54. The van der Waals surface area contributed by atoms with Crippen molar-refractivity contribution >= 4 is 17.4 Å². The third kappa shape index (κ3) is 3.12. The van der Waals surface area contributed by atoms with Crippen LogP contribution in [0, 0.1) is 44.5 Å². The molecule has 5 rings (SSSR count). The quantitative estimate of drug-likeness (QED) is 0.445. The molecule has 4 aliphatic carbocycles. The molecule has 0 atom stereocenters. The largest absolute Gasteiger partial charge is 0.269 e. The molecule has 4 saturated carbocycles. The first kappa shape index (κ1) is 15.1. The maximum atomic E-state index is 10.8. The smallest absolute Gasteiger partial charge is 0.258 e. The number of nitrogens with zero attached hydrogens (tertiary/aromatic N) is 1. The standard InChI is InChI=1S/C19H21NO2S/c21-20(22)18-3-1-2-14(9-18)13-23-5-4-19-10-15-6-16(11-19)8-17(7-15)12-19/h1-3,9,15-17H,6-8,10-13H2. The average molecular weight is 327 g/mol. The lowest BCUT2D eigenvalue weighted by molar-refractivity contribution is -0.384. The molecule has 0 saturated heterocycles. The highest BCUT2D eigenvalue weighted by atomic mass is 32.2. The Labute approximate surface area is 141 Å². The molecule has 0 aromatic heterocycles. The summed E-state index contributed by atoms with van der Waals surface area (Å²) < 4.78 is 0. The van der Waals surface area contributed by atoms with Gasteiger partial charge in [-0.1, -0.05) is 29.8 Å². The van der Waals surface area contributed by atoms with Crippen molar-refractivity contribution in [3.05, 3.63) is 39.9 Å². The monoisotopic (exact) mass is 327 g/mol. The van der Waals surface area contributed by atoms with E-state index in [0.29, 0.717) is 5.41 Å². The van der Waals surface area contributed by atoms with Crippen LogP contribution in [0.2, 0.25) is 0 Å². The molecule has 3 nitrogen and oxygen atoms in total. The molecule has 0 unspecified atom stereocenters. The third-order valence-electron chi connectivity index (χ3n) is 5.79. The number of thioether (sulfide) groups is 1. The minimum Gasteiger partial charge on any atom is -0.258 e. The Hall–Kier alpha value is -1.47. The van der Waals surface area contributed by atoms with E-state index in [1.807, 2.05) is 6.07 Å². The van der Waals surface area contributed by atoms with Gasteiger partial charge in [0.2, 0.25) is 0 Å². The van der Waals surface area contributed by atoms with Crippen LogP contribution in [0.15, 0.2) is 24.3 Å². The summed E-state index contributed by atoms with van der Waals surface area (Å²) in [5, 5.41) is 14.1. The molecule has 0 N–H and O–H groups in total. The summed E-state index contributed by atoms with van der Waals surface area (Å²) in [6.45, 7) is 0. The molecule has 0 radical (unpaired) electrons. The van der Waals surface area contributed by atoms with Gasteiger partial charge in [-0.15, -0.1) is 0 Å². The summed E-state index contributed by atoms with van der Waals surface area (Å²) in [4.78, 5) is 10.5. The van der Waals surface area contributed by atoms with Gasteiger partial charge in [-0.05, 0) is 67.1 Å².